The number of sulfone groups is 1. The van der Waals surface area contributed by atoms with E-state index in [1.165, 1.54) is 24.3 Å². The second-order valence-electron chi connectivity index (χ2n) is 6.43. The van der Waals surface area contributed by atoms with Gasteiger partial charge in [-0.15, -0.1) is 0 Å². The first-order valence-corrected chi connectivity index (χ1v) is 10.7. The third kappa shape index (κ3) is 5.00. The number of benzene rings is 2. The van der Waals surface area contributed by atoms with Crippen LogP contribution in [0.25, 0.3) is 0 Å². The van der Waals surface area contributed by atoms with E-state index in [-0.39, 0.29) is 6.04 Å². The minimum absolute atomic E-state index is 0.0608. The number of hydrogen-bond acceptors (Lipinski definition) is 5. The normalized spacial score (nSPS) is 16.9. The zero-order valence-electron chi connectivity index (χ0n) is 15.0. The van der Waals surface area contributed by atoms with E-state index in [1.54, 1.807) is 0 Å². The molecule has 2 aromatic carbocycles. The molecule has 0 radical (unpaired) electrons. The smallest absolute Gasteiger partial charge is 0.341 e. The van der Waals surface area contributed by atoms with E-state index < -0.39 is 20.5 Å². The molecule has 1 unspecified atom stereocenters. The number of alkyl halides is 2. The van der Waals surface area contributed by atoms with Gasteiger partial charge in [-0.1, -0.05) is 23.7 Å². The summed E-state index contributed by atoms with van der Waals surface area (Å²) < 4.78 is 53.8. The Bertz CT molecular complexity index is 871. The second kappa shape index (κ2) is 9.17. The molecule has 28 heavy (non-hydrogen) atoms. The molecule has 0 spiro atoms. The number of nitrogens with zero attached hydrogens (tertiary/aromatic N) is 1. The molecule has 0 saturated carbocycles. The Morgan fingerprint density at radius 2 is 1.64 bits per heavy atom. The Morgan fingerprint density at radius 1 is 1.04 bits per heavy atom. The molecule has 5 nitrogen and oxygen atoms in total. The van der Waals surface area contributed by atoms with Crippen LogP contribution in [0.15, 0.2) is 53.4 Å². The van der Waals surface area contributed by atoms with E-state index in [2.05, 4.69) is 10.2 Å². The van der Waals surface area contributed by atoms with Crippen LogP contribution < -0.4 is 5.32 Å². The van der Waals surface area contributed by atoms with Crippen LogP contribution in [-0.4, -0.2) is 51.9 Å². The summed E-state index contributed by atoms with van der Waals surface area (Å²) in [5.41, 5.74) is 1.75. The molecule has 1 saturated heterocycles. The molecule has 0 amide bonds. The quantitative estimate of drug-likeness (QED) is 0.723. The van der Waals surface area contributed by atoms with Gasteiger partial charge in [-0.3, -0.25) is 4.90 Å². The highest BCUT2D eigenvalue weighted by Gasteiger charge is 2.26. The van der Waals surface area contributed by atoms with Crippen molar-refractivity contribution in [1.82, 2.24) is 4.90 Å². The van der Waals surface area contributed by atoms with Crippen molar-refractivity contribution in [2.24, 2.45) is 0 Å². The molecular formula is C19H21ClF2N2O3S. The van der Waals surface area contributed by atoms with Crippen LogP contribution in [0.3, 0.4) is 0 Å². The van der Waals surface area contributed by atoms with Gasteiger partial charge in [0.1, 0.15) is 0 Å². The summed E-state index contributed by atoms with van der Waals surface area (Å²) in [4.78, 5) is 1.91. The lowest BCUT2D eigenvalue weighted by atomic mass is 10.0. The molecule has 1 N–H and O–H groups in total. The van der Waals surface area contributed by atoms with Crippen LogP contribution in [0.1, 0.15) is 11.6 Å². The molecule has 2 aromatic rings. The van der Waals surface area contributed by atoms with Gasteiger partial charge in [0.25, 0.3) is 0 Å². The van der Waals surface area contributed by atoms with Gasteiger partial charge < -0.3 is 10.1 Å². The van der Waals surface area contributed by atoms with Crippen molar-refractivity contribution in [3.63, 3.8) is 0 Å². The highest BCUT2D eigenvalue weighted by atomic mass is 35.5. The topological polar surface area (TPSA) is 58.6 Å². The summed E-state index contributed by atoms with van der Waals surface area (Å²) in [7, 11) is -4.58. The van der Waals surface area contributed by atoms with Crippen molar-refractivity contribution in [3.05, 3.63) is 59.1 Å². The first-order valence-electron chi connectivity index (χ1n) is 8.81. The maximum absolute atomic E-state index is 12.6. The van der Waals surface area contributed by atoms with E-state index in [9.17, 15) is 17.2 Å². The summed E-state index contributed by atoms with van der Waals surface area (Å²) in [5.74, 6) is -3.43. The fraction of sp³-hybridized carbons (Fsp3) is 0.368. The van der Waals surface area contributed by atoms with Gasteiger partial charge in [0.15, 0.2) is 0 Å². The van der Waals surface area contributed by atoms with Gasteiger partial charge in [-0.05, 0) is 42.0 Å². The number of hydrogen-bond donors (Lipinski definition) is 1. The van der Waals surface area contributed by atoms with Crippen molar-refractivity contribution >= 4 is 27.1 Å². The van der Waals surface area contributed by atoms with E-state index in [4.69, 9.17) is 16.3 Å². The molecule has 152 valence electrons. The summed E-state index contributed by atoms with van der Waals surface area (Å²) in [5, 5.41) is 3.93. The molecule has 1 aliphatic rings. The highest BCUT2D eigenvalue weighted by Crippen LogP contribution is 2.25. The Kier molecular flexibility index (Phi) is 6.87. The Labute approximate surface area is 168 Å². The zero-order valence-corrected chi connectivity index (χ0v) is 16.6. The Hall–Kier alpha value is -1.74. The number of morpholine rings is 1. The van der Waals surface area contributed by atoms with Gasteiger partial charge >= 0.3 is 5.76 Å². The predicted molar refractivity (Wildman–Crippen MR) is 105 cm³/mol. The zero-order chi connectivity index (χ0) is 20.1. The predicted octanol–water partition coefficient (Wildman–Crippen LogP) is 3.82. The fourth-order valence-corrected chi connectivity index (χ4v) is 3.96. The molecular weight excluding hydrogens is 410 g/mol. The average molecular weight is 431 g/mol. The number of halogens is 3. The minimum atomic E-state index is -4.58. The number of anilines is 1. The van der Waals surface area contributed by atoms with Crippen molar-refractivity contribution in [2.45, 2.75) is 16.7 Å². The third-order valence-corrected chi connectivity index (χ3v) is 6.31. The van der Waals surface area contributed by atoms with E-state index in [0.717, 1.165) is 18.7 Å². The third-order valence-electron chi connectivity index (χ3n) is 4.66. The lowest BCUT2D eigenvalue weighted by Crippen LogP contribution is -2.41. The Morgan fingerprint density at radius 3 is 2.21 bits per heavy atom. The van der Waals surface area contributed by atoms with Gasteiger partial charge in [0.2, 0.25) is 9.84 Å². The van der Waals surface area contributed by atoms with Crippen LogP contribution in [-0.2, 0) is 14.6 Å². The second-order valence-corrected chi connectivity index (χ2v) is 8.78. The monoisotopic (exact) mass is 430 g/mol. The standard InChI is InChI=1S/C19H21ClF2N2O3S/c20-15-3-1-14(2-4-15)18(24-9-11-27-12-10-24)13-23-16-5-7-17(8-6-16)28(25,26)19(21)22/h1-8,18-19,23H,9-13H2. The Balaban J connectivity index is 1.73. The fourth-order valence-electron chi connectivity index (χ4n) is 3.11. The van der Waals surface area contributed by atoms with Gasteiger partial charge in [-0.25, -0.2) is 8.42 Å². The van der Waals surface area contributed by atoms with E-state index in [1.807, 2.05) is 24.3 Å². The van der Waals surface area contributed by atoms with Crippen LogP contribution in [0, 0.1) is 0 Å². The molecule has 0 aliphatic carbocycles. The molecule has 1 atom stereocenters. The number of rotatable bonds is 7. The van der Waals surface area contributed by atoms with Crippen molar-refractivity contribution in [2.75, 3.05) is 38.2 Å². The van der Waals surface area contributed by atoms with Crippen LogP contribution in [0.4, 0.5) is 14.5 Å². The van der Waals surface area contributed by atoms with Gasteiger partial charge in [0.05, 0.1) is 24.2 Å². The molecule has 1 aliphatic heterocycles. The lowest BCUT2D eigenvalue weighted by Gasteiger charge is -2.35. The van der Waals surface area contributed by atoms with Crippen molar-refractivity contribution < 1.29 is 21.9 Å². The summed E-state index contributed by atoms with van der Waals surface area (Å²) in [6.07, 6.45) is 0. The molecule has 0 bridgehead atoms. The molecule has 1 heterocycles. The molecule has 3 rings (SSSR count). The first-order chi connectivity index (χ1) is 13.4. The van der Waals surface area contributed by atoms with Gasteiger partial charge in [-0.2, -0.15) is 8.78 Å². The highest BCUT2D eigenvalue weighted by molar-refractivity contribution is 7.91. The SMILES string of the molecule is O=S(=O)(c1ccc(NCC(c2ccc(Cl)cc2)N2CCOCC2)cc1)C(F)F. The van der Waals surface area contributed by atoms with Crippen LogP contribution in [0.5, 0.6) is 0 Å². The summed E-state index contributed by atoms with van der Waals surface area (Å²) in [6, 6.07) is 13.1. The van der Waals surface area contributed by atoms with Crippen LogP contribution >= 0.6 is 11.6 Å². The first kappa shape index (κ1) is 21.0. The maximum Gasteiger partial charge on any atom is 0.341 e. The largest absolute Gasteiger partial charge is 0.383 e. The van der Waals surface area contributed by atoms with E-state index >= 15 is 0 Å². The van der Waals surface area contributed by atoms with Crippen LogP contribution in [0.2, 0.25) is 5.02 Å². The molecule has 0 aromatic heterocycles. The average Bonchev–Trinajstić information content (AvgIpc) is 2.70. The van der Waals surface area contributed by atoms with Crippen molar-refractivity contribution in [1.29, 1.82) is 0 Å². The summed E-state index contributed by atoms with van der Waals surface area (Å²) >= 11 is 6.00. The number of ether oxygens (including phenoxy) is 1. The number of nitrogens with one attached hydrogen (secondary N) is 1. The molecule has 9 heteroatoms. The maximum atomic E-state index is 12.6. The van der Waals surface area contributed by atoms with Crippen molar-refractivity contribution in [3.8, 4) is 0 Å². The summed E-state index contributed by atoms with van der Waals surface area (Å²) in [6.45, 7) is 3.46. The lowest BCUT2D eigenvalue weighted by molar-refractivity contribution is 0.0187. The van der Waals surface area contributed by atoms with Gasteiger partial charge in [0, 0.05) is 30.3 Å². The minimum Gasteiger partial charge on any atom is -0.383 e. The van der Waals surface area contributed by atoms with E-state index in [0.29, 0.717) is 30.5 Å². The molecule has 1 fully saturated rings.